The topological polar surface area (TPSA) is 53.6 Å². The van der Waals surface area contributed by atoms with Crippen LogP contribution < -0.4 is 15.4 Å². The molecule has 1 aliphatic heterocycles. The molecule has 3 rings (SSSR count). The molecule has 0 bridgehead atoms. The normalized spacial score (nSPS) is 17.7. The van der Waals surface area contributed by atoms with Gasteiger partial charge in [0.15, 0.2) is 0 Å². The summed E-state index contributed by atoms with van der Waals surface area (Å²) in [6, 6.07) is 16.2. The molecule has 2 N–H and O–H groups in total. The molecule has 138 valence electrons. The number of carbonyl (C=O) groups is 1. The Labute approximate surface area is 155 Å². The molecule has 0 radical (unpaired) electrons. The molecule has 2 aromatic rings. The number of nitrogens with zero attached hydrogens (tertiary/aromatic N) is 1. The highest BCUT2D eigenvalue weighted by Crippen LogP contribution is 2.29. The minimum atomic E-state index is 0.0102. The Balaban J connectivity index is 1.68. The number of rotatable bonds is 6. The average molecular weight is 353 g/mol. The molecule has 1 saturated heterocycles. The molecule has 26 heavy (non-hydrogen) atoms. The second kappa shape index (κ2) is 8.83. The highest BCUT2D eigenvalue weighted by molar-refractivity contribution is 5.92. The Morgan fingerprint density at radius 1 is 1.23 bits per heavy atom. The van der Waals surface area contributed by atoms with Gasteiger partial charge in [0.2, 0.25) is 5.91 Å². The van der Waals surface area contributed by atoms with Crippen molar-refractivity contribution < 1.29 is 9.53 Å². The molecule has 1 atom stereocenters. The fourth-order valence-electron chi connectivity index (χ4n) is 3.39. The van der Waals surface area contributed by atoms with Gasteiger partial charge in [-0.15, -0.1) is 0 Å². The number of carbonyl (C=O) groups excluding carboxylic acids is 1. The van der Waals surface area contributed by atoms with Crippen LogP contribution in [0, 0.1) is 0 Å². The number of hydrogen-bond acceptors (Lipinski definition) is 4. The van der Waals surface area contributed by atoms with Gasteiger partial charge in [-0.25, -0.2) is 0 Å². The molecular weight excluding hydrogens is 326 g/mol. The Kier molecular flexibility index (Phi) is 6.26. The number of aryl methyl sites for hydroxylation is 1. The van der Waals surface area contributed by atoms with E-state index in [4.69, 9.17) is 4.74 Å². The summed E-state index contributed by atoms with van der Waals surface area (Å²) in [5, 5.41) is 6.43. The molecule has 1 aliphatic rings. The first-order valence-corrected chi connectivity index (χ1v) is 9.17. The fraction of sp³-hybridized carbons (Fsp3) is 0.381. The number of amides is 1. The molecule has 5 nitrogen and oxygen atoms in total. The van der Waals surface area contributed by atoms with Crippen molar-refractivity contribution in [1.29, 1.82) is 0 Å². The first kappa shape index (κ1) is 18.4. The maximum absolute atomic E-state index is 12.6. The van der Waals surface area contributed by atoms with Gasteiger partial charge < -0.3 is 15.4 Å². The lowest BCUT2D eigenvalue weighted by molar-refractivity contribution is -0.118. The van der Waals surface area contributed by atoms with E-state index < -0.39 is 0 Å². The molecule has 1 fully saturated rings. The molecule has 1 amide bonds. The molecule has 0 saturated carbocycles. The maximum Gasteiger partial charge on any atom is 0.238 e. The number of para-hydroxylation sites is 1. The zero-order chi connectivity index (χ0) is 18.4. The number of nitrogens with one attached hydrogen (secondary N) is 2. The Morgan fingerprint density at radius 3 is 2.73 bits per heavy atom. The number of piperazine rings is 1. The zero-order valence-corrected chi connectivity index (χ0v) is 15.5. The van der Waals surface area contributed by atoms with Crippen molar-refractivity contribution in [2.24, 2.45) is 0 Å². The van der Waals surface area contributed by atoms with Crippen LogP contribution in [0.2, 0.25) is 0 Å². The summed E-state index contributed by atoms with van der Waals surface area (Å²) in [6.07, 6.45) is 0.996. The van der Waals surface area contributed by atoms with Crippen LogP contribution in [0.15, 0.2) is 48.5 Å². The van der Waals surface area contributed by atoms with Crippen LogP contribution in [0.1, 0.15) is 24.1 Å². The largest absolute Gasteiger partial charge is 0.496 e. The average Bonchev–Trinajstić information content (AvgIpc) is 2.69. The van der Waals surface area contributed by atoms with E-state index in [1.165, 1.54) is 5.56 Å². The molecule has 2 aromatic carbocycles. The standard InChI is InChI=1S/C21H27N3O2/c1-3-16-8-10-17(11-9-16)23-21(25)15-24-13-12-22-14-19(24)18-6-4-5-7-20(18)26-2/h4-11,19,22H,3,12-15H2,1-2H3,(H,23,25). The molecule has 0 aliphatic carbocycles. The van der Waals surface area contributed by atoms with Crippen LogP contribution >= 0.6 is 0 Å². The minimum Gasteiger partial charge on any atom is -0.496 e. The molecule has 5 heteroatoms. The van der Waals surface area contributed by atoms with Gasteiger partial charge in [-0.05, 0) is 30.2 Å². The Morgan fingerprint density at radius 2 is 2.00 bits per heavy atom. The molecule has 0 spiro atoms. The highest BCUT2D eigenvalue weighted by atomic mass is 16.5. The van der Waals surface area contributed by atoms with Gasteiger partial charge in [0.25, 0.3) is 0 Å². The van der Waals surface area contributed by atoms with Crippen molar-refractivity contribution in [2.45, 2.75) is 19.4 Å². The van der Waals surface area contributed by atoms with E-state index in [1.807, 2.05) is 30.3 Å². The van der Waals surface area contributed by atoms with E-state index in [1.54, 1.807) is 7.11 Å². The summed E-state index contributed by atoms with van der Waals surface area (Å²) in [7, 11) is 1.69. The van der Waals surface area contributed by atoms with Crippen LogP contribution in [0.5, 0.6) is 5.75 Å². The summed E-state index contributed by atoms with van der Waals surface area (Å²) in [6.45, 7) is 4.99. The second-order valence-corrected chi connectivity index (χ2v) is 6.53. The van der Waals surface area contributed by atoms with Gasteiger partial charge in [0.05, 0.1) is 19.7 Å². The molecular formula is C21H27N3O2. The van der Waals surface area contributed by atoms with E-state index in [-0.39, 0.29) is 11.9 Å². The van der Waals surface area contributed by atoms with Crippen molar-refractivity contribution in [2.75, 3.05) is 38.6 Å². The van der Waals surface area contributed by atoms with Crippen LogP contribution in [-0.2, 0) is 11.2 Å². The second-order valence-electron chi connectivity index (χ2n) is 6.53. The maximum atomic E-state index is 12.6. The van der Waals surface area contributed by atoms with Gasteiger partial charge in [0, 0.05) is 30.9 Å². The van der Waals surface area contributed by atoms with Gasteiger partial charge >= 0.3 is 0 Å². The summed E-state index contributed by atoms with van der Waals surface area (Å²) < 4.78 is 5.51. The third-order valence-electron chi connectivity index (χ3n) is 4.84. The lowest BCUT2D eigenvalue weighted by Gasteiger charge is -2.36. The van der Waals surface area contributed by atoms with Crippen molar-refractivity contribution >= 4 is 11.6 Å². The van der Waals surface area contributed by atoms with E-state index in [2.05, 4.69) is 40.7 Å². The van der Waals surface area contributed by atoms with Crippen molar-refractivity contribution in [3.05, 3.63) is 59.7 Å². The molecule has 0 aromatic heterocycles. The Bertz CT molecular complexity index is 730. The first-order valence-electron chi connectivity index (χ1n) is 9.17. The zero-order valence-electron chi connectivity index (χ0n) is 15.5. The number of ether oxygens (including phenoxy) is 1. The van der Waals surface area contributed by atoms with Crippen molar-refractivity contribution in [3.8, 4) is 5.75 Å². The van der Waals surface area contributed by atoms with Gasteiger partial charge in [-0.2, -0.15) is 0 Å². The third kappa shape index (κ3) is 4.42. The predicted molar refractivity (Wildman–Crippen MR) is 105 cm³/mol. The highest BCUT2D eigenvalue weighted by Gasteiger charge is 2.27. The number of hydrogen-bond donors (Lipinski definition) is 2. The summed E-state index contributed by atoms with van der Waals surface area (Å²) in [4.78, 5) is 14.8. The van der Waals surface area contributed by atoms with Gasteiger partial charge in [-0.1, -0.05) is 37.3 Å². The molecule has 1 heterocycles. The number of anilines is 1. The van der Waals surface area contributed by atoms with E-state index in [9.17, 15) is 4.79 Å². The molecule has 1 unspecified atom stereocenters. The number of methoxy groups -OCH3 is 1. The lowest BCUT2D eigenvalue weighted by atomic mass is 10.0. The van der Waals surface area contributed by atoms with Gasteiger partial charge in [-0.3, -0.25) is 9.69 Å². The smallest absolute Gasteiger partial charge is 0.238 e. The van der Waals surface area contributed by atoms with E-state index in [0.29, 0.717) is 6.54 Å². The minimum absolute atomic E-state index is 0.0102. The quantitative estimate of drug-likeness (QED) is 0.838. The van der Waals surface area contributed by atoms with Gasteiger partial charge in [0.1, 0.15) is 5.75 Å². The monoisotopic (exact) mass is 353 g/mol. The SMILES string of the molecule is CCc1ccc(NC(=O)CN2CCNCC2c2ccccc2OC)cc1. The number of benzene rings is 2. The Hall–Kier alpha value is -2.37. The van der Waals surface area contributed by atoms with Crippen LogP contribution in [0.4, 0.5) is 5.69 Å². The van der Waals surface area contributed by atoms with Crippen LogP contribution in [0.25, 0.3) is 0 Å². The summed E-state index contributed by atoms with van der Waals surface area (Å²) in [5.41, 5.74) is 3.22. The van der Waals surface area contributed by atoms with E-state index >= 15 is 0 Å². The van der Waals surface area contributed by atoms with Crippen molar-refractivity contribution in [3.63, 3.8) is 0 Å². The van der Waals surface area contributed by atoms with Crippen LogP contribution in [0.3, 0.4) is 0 Å². The summed E-state index contributed by atoms with van der Waals surface area (Å²) >= 11 is 0. The third-order valence-corrected chi connectivity index (χ3v) is 4.84. The van der Waals surface area contributed by atoms with Crippen molar-refractivity contribution in [1.82, 2.24) is 10.2 Å². The fourth-order valence-corrected chi connectivity index (χ4v) is 3.39. The first-order chi connectivity index (χ1) is 12.7. The lowest BCUT2D eigenvalue weighted by Crippen LogP contribution is -2.48. The predicted octanol–water partition coefficient (Wildman–Crippen LogP) is 2.84. The van der Waals surface area contributed by atoms with Crippen LogP contribution in [-0.4, -0.2) is 44.1 Å². The van der Waals surface area contributed by atoms with E-state index in [0.717, 1.165) is 43.1 Å². The summed E-state index contributed by atoms with van der Waals surface area (Å²) in [5.74, 6) is 0.873.